The Morgan fingerprint density at radius 3 is 2.57 bits per heavy atom. The van der Waals surface area contributed by atoms with Crippen LogP contribution in [0.1, 0.15) is 54.9 Å². The largest absolute Gasteiger partial charge is 0.496 e. The minimum absolute atomic E-state index is 0.0601. The van der Waals surface area contributed by atoms with Crippen molar-refractivity contribution >= 4 is 11.7 Å². The molecule has 1 N–H and O–H groups in total. The van der Waals surface area contributed by atoms with Crippen LogP contribution in [0, 0.1) is 11.3 Å². The summed E-state index contributed by atoms with van der Waals surface area (Å²) in [6.07, 6.45) is 4.50. The summed E-state index contributed by atoms with van der Waals surface area (Å²) < 4.78 is 5.27. The highest BCUT2D eigenvalue weighted by Gasteiger charge is 2.33. The lowest BCUT2D eigenvalue weighted by Gasteiger charge is -2.31. The zero-order chi connectivity index (χ0) is 16.9. The Hall–Kier alpha value is -2.35. The number of rotatable bonds is 5. The molecule has 0 heterocycles. The molecule has 0 spiro atoms. The van der Waals surface area contributed by atoms with Gasteiger partial charge in [-0.05, 0) is 38.0 Å². The zero-order valence-corrected chi connectivity index (χ0v) is 13.6. The molecule has 1 fully saturated rings. The van der Waals surface area contributed by atoms with E-state index in [1.165, 1.54) is 14.0 Å². The standard InChI is InChI=1S/C18H22N2O3/c1-13(21)14-6-7-16(23-2)15(10-14)11-17(22)20-18(12-19)8-4-3-5-9-18/h6-7,10H,3-5,8-9,11H2,1-2H3,(H,20,22). The quantitative estimate of drug-likeness (QED) is 0.848. The van der Waals surface area contributed by atoms with Crippen molar-refractivity contribution in [2.45, 2.75) is 51.0 Å². The maximum atomic E-state index is 12.4. The molecule has 0 aromatic heterocycles. The van der Waals surface area contributed by atoms with Crippen molar-refractivity contribution in [2.75, 3.05) is 7.11 Å². The van der Waals surface area contributed by atoms with E-state index in [2.05, 4.69) is 11.4 Å². The SMILES string of the molecule is COc1ccc(C(C)=O)cc1CC(=O)NC1(C#N)CCCCC1. The average Bonchev–Trinajstić information content (AvgIpc) is 2.55. The lowest BCUT2D eigenvalue weighted by Crippen LogP contribution is -2.49. The smallest absolute Gasteiger partial charge is 0.225 e. The van der Waals surface area contributed by atoms with Crippen LogP contribution in [-0.2, 0) is 11.2 Å². The number of nitrogens with zero attached hydrogens (tertiary/aromatic N) is 1. The van der Waals surface area contributed by atoms with Crippen LogP contribution in [-0.4, -0.2) is 24.3 Å². The Labute approximate surface area is 136 Å². The molecule has 1 aromatic rings. The highest BCUT2D eigenvalue weighted by atomic mass is 16.5. The van der Waals surface area contributed by atoms with Gasteiger partial charge in [-0.1, -0.05) is 19.3 Å². The molecule has 23 heavy (non-hydrogen) atoms. The van der Waals surface area contributed by atoms with Gasteiger partial charge in [0, 0.05) is 11.1 Å². The molecule has 5 nitrogen and oxygen atoms in total. The van der Waals surface area contributed by atoms with Crippen LogP contribution in [0.25, 0.3) is 0 Å². The molecule has 1 saturated carbocycles. The van der Waals surface area contributed by atoms with Crippen molar-refractivity contribution < 1.29 is 14.3 Å². The Kier molecular flexibility index (Phi) is 5.38. The van der Waals surface area contributed by atoms with E-state index in [0.717, 1.165) is 19.3 Å². The van der Waals surface area contributed by atoms with Crippen molar-refractivity contribution in [1.82, 2.24) is 5.32 Å². The molecule has 1 aromatic carbocycles. The third kappa shape index (κ3) is 4.10. The van der Waals surface area contributed by atoms with Gasteiger partial charge < -0.3 is 10.1 Å². The molecular weight excluding hydrogens is 292 g/mol. The van der Waals surface area contributed by atoms with Crippen LogP contribution >= 0.6 is 0 Å². The van der Waals surface area contributed by atoms with Gasteiger partial charge in [-0.2, -0.15) is 5.26 Å². The third-order valence-electron chi connectivity index (χ3n) is 4.34. The van der Waals surface area contributed by atoms with Gasteiger partial charge in [0.2, 0.25) is 5.91 Å². The molecule has 0 saturated heterocycles. The first kappa shape index (κ1) is 17.0. The van der Waals surface area contributed by atoms with Crippen LogP contribution in [0.15, 0.2) is 18.2 Å². The van der Waals surface area contributed by atoms with Crippen LogP contribution in [0.3, 0.4) is 0 Å². The second kappa shape index (κ2) is 7.28. The van der Waals surface area contributed by atoms with Crippen molar-refractivity contribution in [3.63, 3.8) is 0 Å². The number of benzene rings is 1. The summed E-state index contributed by atoms with van der Waals surface area (Å²) in [6.45, 7) is 1.48. The van der Waals surface area contributed by atoms with E-state index in [1.807, 2.05) is 0 Å². The molecule has 5 heteroatoms. The average molecular weight is 314 g/mol. The molecule has 2 rings (SSSR count). The van der Waals surface area contributed by atoms with Gasteiger partial charge >= 0.3 is 0 Å². The summed E-state index contributed by atoms with van der Waals surface area (Å²) in [5.41, 5.74) is 0.448. The fourth-order valence-corrected chi connectivity index (χ4v) is 3.04. The molecule has 0 unspecified atom stereocenters. The van der Waals surface area contributed by atoms with Crippen molar-refractivity contribution in [3.05, 3.63) is 29.3 Å². The fourth-order valence-electron chi connectivity index (χ4n) is 3.04. The van der Waals surface area contributed by atoms with Crippen molar-refractivity contribution in [1.29, 1.82) is 5.26 Å². The Morgan fingerprint density at radius 2 is 2.00 bits per heavy atom. The number of hydrogen-bond donors (Lipinski definition) is 1. The lowest BCUT2D eigenvalue weighted by molar-refractivity contribution is -0.122. The Morgan fingerprint density at radius 1 is 1.30 bits per heavy atom. The van der Waals surface area contributed by atoms with Crippen molar-refractivity contribution in [3.8, 4) is 11.8 Å². The van der Waals surface area contributed by atoms with E-state index in [4.69, 9.17) is 4.74 Å². The first-order chi connectivity index (χ1) is 11.0. The minimum atomic E-state index is -0.749. The first-order valence-electron chi connectivity index (χ1n) is 7.90. The lowest BCUT2D eigenvalue weighted by atomic mass is 9.82. The Balaban J connectivity index is 2.14. The first-order valence-corrected chi connectivity index (χ1v) is 7.90. The second-order valence-electron chi connectivity index (χ2n) is 6.06. The minimum Gasteiger partial charge on any atom is -0.496 e. The second-order valence-corrected chi connectivity index (χ2v) is 6.06. The maximum absolute atomic E-state index is 12.4. The highest BCUT2D eigenvalue weighted by molar-refractivity contribution is 5.94. The Bertz CT molecular complexity index is 640. The molecule has 0 aliphatic heterocycles. The molecule has 0 radical (unpaired) electrons. The topological polar surface area (TPSA) is 79.2 Å². The fraction of sp³-hybridized carbons (Fsp3) is 0.500. The van der Waals surface area contributed by atoms with Gasteiger partial charge in [0.25, 0.3) is 0 Å². The number of amides is 1. The number of ether oxygens (including phenoxy) is 1. The summed E-state index contributed by atoms with van der Waals surface area (Å²) in [5, 5.41) is 12.3. The van der Waals surface area contributed by atoms with Gasteiger partial charge in [0.15, 0.2) is 5.78 Å². The van der Waals surface area contributed by atoms with Crippen LogP contribution < -0.4 is 10.1 Å². The summed E-state index contributed by atoms with van der Waals surface area (Å²) in [7, 11) is 1.53. The predicted octanol–water partition coefficient (Wildman–Crippen LogP) is 2.78. The van der Waals surface area contributed by atoms with E-state index in [1.54, 1.807) is 18.2 Å². The van der Waals surface area contributed by atoms with E-state index in [-0.39, 0.29) is 18.1 Å². The predicted molar refractivity (Wildman–Crippen MR) is 86.3 cm³/mol. The molecule has 1 aliphatic rings. The number of ketones is 1. The van der Waals surface area contributed by atoms with E-state index in [0.29, 0.717) is 29.7 Å². The molecule has 0 atom stereocenters. The van der Waals surface area contributed by atoms with Gasteiger partial charge in [-0.3, -0.25) is 9.59 Å². The number of carbonyl (C=O) groups is 2. The van der Waals surface area contributed by atoms with E-state index in [9.17, 15) is 14.9 Å². The monoisotopic (exact) mass is 314 g/mol. The summed E-state index contributed by atoms with van der Waals surface area (Å²) in [4.78, 5) is 23.9. The summed E-state index contributed by atoms with van der Waals surface area (Å²) in [6, 6.07) is 7.33. The molecular formula is C18H22N2O3. The number of nitrogens with one attached hydrogen (secondary N) is 1. The van der Waals surface area contributed by atoms with Gasteiger partial charge in [-0.25, -0.2) is 0 Å². The number of hydrogen-bond acceptors (Lipinski definition) is 4. The van der Waals surface area contributed by atoms with Crippen LogP contribution in [0.2, 0.25) is 0 Å². The third-order valence-corrected chi connectivity index (χ3v) is 4.34. The molecule has 0 bridgehead atoms. The van der Waals surface area contributed by atoms with Gasteiger partial charge in [0.05, 0.1) is 19.6 Å². The van der Waals surface area contributed by atoms with Crippen LogP contribution in [0.5, 0.6) is 5.75 Å². The zero-order valence-electron chi connectivity index (χ0n) is 13.6. The number of Topliss-reactive ketones (excluding diaryl/α,β-unsaturated/α-hetero) is 1. The highest BCUT2D eigenvalue weighted by Crippen LogP contribution is 2.28. The molecule has 122 valence electrons. The maximum Gasteiger partial charge on any atom is 0.225 e. The summed E-state index contributed by atoms with van der Waals surface area (Å²) in [5.74, 6) is 0.294. The number of methoxy groups -OCH3 is 1. The van der Waals surface area contributed by atoms with Crippen molar-refractivity contribution in [2.24, 2.45) is 0 Å². The van der Waals surface area contributed by atoms with Crippen LogP contribution in [0.4, 0.5) is 0 Å². The number of nitriles is 1. The number of carbonyl (C=O) groups excluding carboxylic acids is 2. The molecule has 1 amide bonds. The van der Waals surface area contributed by atoms with E-state index >= 15 is 0 Å². The normalized spacial score (nSPS) is 16.2. The van der Waals surface area contributed by atoms with Gasteiger partial charge in [-0.15, -0.1) is 0 Å². The summed E-state index contributed by atoms with van der Waals surface area (Å²) >= 11 is 0. The van der Waals surface area contributed by atoms with Gasteiger partial charge in [0.1, 0.15) is 11.3 Å². The van der Waals surface area contributed by atoms with E-state index < -0.39 is 5.54 Å². The molecule has 1 aliphatic carbocycles.